The summed E-state index contributed by atoms with van der Waals surface area (Å²) in [7, 11) is 0. The molecule has 17 heavy (non-hydrogen) atoms. The van der Waals surface area contributed by atoms with Crippen LogP contribution >= 0.6 is 22.9 Å². The van der Waals surface area contributed by atoms with Gasteiger partial charge in [-0.1, -0.05) is 30.5 Å². The topological polar surface area (TPSA) is 29.5 Å². The van der Waals surface area contributed by atoms with Crippen LogP contribution in [-0.4, -0.2) is 17.3 Å². The fourth-order valence-corrected chi connectivity index (χ4v) is 3.32. The van der Waals surface area contributed by atoms with Crippen LogP contribution in [0.5, 0.6) is 0 Å². The first-order valence-electron chi connectivity index (χ1n) is 5.96. The van der Waals surface area contributed by atoms with Gasteiger partial charge in [0.1, 0.15) is 5.60 Å². The summed E-state index contributed by atoms with van der Waals surface area (Å²) < 4.78 is 5.62. The van der Waals surface area contributed by atoms with Crippen molar-refractivity contribution >= 4 is 28.7 Å². The molecule has 1 saturated carbocycles. The van der Waals surface area contributed by atoms with E-state index in [1.54, 1.807) is 11.3 Å². The lowest BCUT2D eigenvalue weighted by Gasteiger charge is -2.23. The molecule has 0 unspecified atom stereocenters. The SMILES string of the molecule is CCO/C(=C(/Cl)C1(O)CCCC1)c1cccs1. The minimum atomic E-state index is -0.879. The summed E-state index contributed by atoms with van der Waals surface area (Å²) in [5.41, 5.74) is -0.879. The normalized spacial score (nSPS) is 20.2. The molecule has 1 heterocycles. The molecule has 1 aromatic rings. The van der Waals surface area contributed by atoms with E-state index in [1.165, 1.54) is 0 Å². The summed E-state index contributed by atoms with van der Waals surface area (Å²) in [4.78, 5) is 0.983. The first-order chi connectivity index (χ1) is 8.17. The Hall–Kier alpha value is -0.510. The maximum Gasteiger partial charge on any atom is 0.153 e. The summed E-state index contributed by atoms with van der Waals surface area (Å²) >= 11 is 7.95. The standard InChI is InChI=1S/C13H17ClO2S/c1-2-16-11(10-6-5-9-17-10)12(14)13(15)7-3-4-8-13/h5-6,9,15H,2-4,7-8H2,1H3/b12-11+. The molecule has 0 amide bonds. The van der Waals surface area contributed by atoms with Crippen LogP contribution < -0.4 is 0 Å². The maximum atomic E-state index is 10.5. The van der Waals surface area contributed by atoms with Crippen molar-refractivity contribution in [1.29, 1.82) is 0 Å². The van der Waals surface area contributed by atoms with Crippen LogP contribution in [0.2, 0.25) is 0 Å². The van der Waals surface area contributed by atoms with E-state index in [4.69, 9.17) is 16.3 Å². The summed E-state index contributed by atoms with van der Waals surface area (Å²) in [6.07, 6.45) is 3.51. The van der Waals surface area contributed by atoms with Crippen molar-refractivity contribution in [2.45, 2.75) is 38.2 Å². The Kier molecular flexibility index (Phi) is 4.13. The average Bonchev–Trinajstić information content (AvgIpc) is 2.96. The second kappa shape index (κ2) is 5.42. The van der Waals surface area contributed by atoms with Crippen LogP contribution in [0.1, 0.15) is 37.5 Å². The lowest BCUT2D eigenvalue weighted by Crippen LogP contribution is -2.25. The smallest absolute Gasteiger partial charge is 0.153 e. The van der Waals surface area contributed by atoms with Crippen LogP contribution in [0.4, 0.5) is 0 Å². The van der Waals surface area contributed by atoms with Crippen molar-refractivity contribution in [3.05, 3.63) is 27.4 Å². The molecule has 0 spiro atoms. The largest absolute Gasteiger partial charge is 0.491 e. The van der Waals surface area contributed by atoms with Gasteiger partial charge in [0.2, 0.25) is 0 Å². The third kappa shape index (κ3) is 2.67. The summed E-state index contributed by atoms with van der Waals surface area (Å²) in [6.45, 7) is 2.48. The summed E-state index contributed by atoms with van der Waals surface area (Å²) in [5.74, 6) is 0.647. The second-order valence-corrected chi connectivity index (χ2v) is 5.62. The van der Waals surface area contributed by atoms with Gasteiger partial charge in [-0.05, 0) is 31.2 Å². The molecular formula is C13H17ClO2S. The van der Waals surface area contributed by atoms with Gasteiger partial charge < -0.3 is 9.84 Å². The molecule has 2 rings (SSSR count). The van der Waals surface area contributed by atoms with Crippen molar-refractivity contribution in [2.75, 3.05) is 6.61 Å². The van der Waals surface area contributed by atoms with Gasteiger partial charge in [-0.25, -0.2) is 0 Å². The highest BCUT2D eigenvalue weighted by molar-refractivity contribution is 7.11. The molecule has 0 bridgehead atoms. The maximum absolute atomic E-state index is 10.5. The van der Waals surface area contributed by atoms with Crippen LogP contribution in [0.25, 0.3) is 5.76 Å². The van der Waals surface area contributed by atoms with Gasteiger partial charge >= 0.3 is 0 Å². The van der Waals surface area contributed by atoms with E-state index >= 15 is 0 Å². The monoisotopic (exact) mass is 272 g/mol. The molecule has 1 fully saturated rings. The zero-order valence-electron chi connectivity index (χ0n) is 9.91. The summed E-state index contributed by atoms with van der Waals surface area (Å²) in [5, 5.41) is 12.9. The van der Waals surface area contributed by atoms with E-state index in [2.05, 4.69) is 0 Å². The van der Waals surface area contributed by atoms with Gasteiger partial charge in [-0.2, -0.15) is 0 Å². The quantitative estimate of drug-likeness (QED) is 0.840. The zero-order valence-corrected chi connectivity index (χ0v) is 11.5. The van der Waals surface area contributed by atoms with Gasteiger partial charge in [0, 0.05) is 0 Å². The lowest BCUT2D eigenvalue weighted by atomic mass is 10.0. The highest BCUT2D eigenvalue weighted by Gasteiger charge is 2.37. The first-order valence-corrected chi connectivity index (χ1v) is 7.22. The number of hydrogen-bond acceptors (Lipinski definition) is 3. The first kappa shape index (κ1) is 12.9. The Balaban J connectivity index is 2.36. The van der Waals surface area contributed by atoms with E-state index in [9.17, 15) is 5.11 Å². The molecule has 0 aromatic carbocycles. The van der Waals surface area contributed by atoms with Crippen LogP contribution in [0, 0.1) is 0 Å². The third-order valence-electron chi connectivity index (χ3n) is 3.07. The fraction of sp³-hybridized carbons (Fsp3) is 0.538. The van der Waals surface area contributed by atoms with Gasteiger partial charge in [0.25, 0.3) is 0 Å². The van der Waals surface area contributed by atoms with Gasteiger partial charge in [0.05, 0.1) is 16.5 Å². The van der Waals surface area contributed by atoms with Crippen molar-refractivity contribution in [1.82, 2.24) is 0 Å². The van der Waals surface area contributed by atoms with Crippen molar-refractivity contribution in [3.63, 3.8) is 0 Å². The number of halogens is 1. The molecule has 0 aliphatic heterocycles. The Morgan fingerprint density at radius 3 is 2.76 bits per heavy atom. The Morgan fingerprint density at radius 2 is 2.24 bits per heavy atom. The predicted octanol–water partition coefficient (Wildman–Crippen LogP) is 4.00. The van der Waals surface area contributed by atoms with E-state index in [1.807, 2.05) is 24.4 Å². The second-order valence-electron chi connectivity index (χ2n) is 4.29. The molecular weight excluding hydrogens is 256 g/mol. The molecule has 0 radical (unpaired) electrons. The van der Waals surface area contributed by atoms with Crippen LogP contribution in [-0.2, 0) is 4.74 Å². The Morgan fingerprint density at radius 1 is 1.53 bits per heavy atom. The van der Waals surface area contributed by atoms with Gasteiger partial charge in [-0.3, -0.25) is 0 Å². The predicted molar refractivity (Wildman–Crippen MR) is 72.1 cm³/mol. The number of hydrogen-bond donors (Lipinski definition) is 1. The number of ether oxygens (including phenoxy) is 1. The van der Waals surface area contributed by atoms with Crippen molar-refractivity contribution < 1.29 is 9.84 Å². The molecule has 0 atom stereocenters. The zero-order chi connectivity index (χ0) is 12.3. The molecule has 1 aromatic heterocycles. The van der Waals surface area contributed by atoms with Crippen LogP contribution in [0.3, 0.4) is 0 Å². The molecule has 1 aliphatic carbocycles. The highest BCUT2D eigenvalue weighted by atomic mass is 35.5. The molecule has 1 aliphatic rings. The van der Waals surface area contributed by atoms with E-state index < -0.39 is 5.60 Å². The van der Waals surface area contributed by atoms with E-state index in [0.29, 0.717) is 17.4 Å². The van der Waals surface area contributed by atoms with Gasteiger partial charge in [-0.15, -0.1) is 11.3 Å². The molecule has 4 heteroatoms. The molecule has 0 saturated heterocycles. The van der Waals surface area contributed by atoms with E-state index in [-0.39, 0.29) is 0 Å². The Bertz CT molecular complexity index is 392. The van der Waals surface area contributed by atoms with E-state index in [0.717, 1.165) is 30.6 Å². The minimum Gasteiger partial charge on any atom is -0.491 e. The van der Waals surface area contributed by atoms with Crippen molar-refractivity contribution in [2.24, 2.45) is 0 Å². The number of aliphatic hydroxyl groups is 1. The summed E-state index contributed by atoms with van der Waals surface area (Å²) in [6, 6.07) is 3.93. The third-order valence-corrected chi connectivity index (χ3v) is 4.46. The average molecular weight is 273 g/mol. The van der Waals surface area contributed by atoms with Gasteiger partial charge in [0.15, 0.2) is 5.76 Å². The fourth-order valence-electron chi connectivity index (χ4n) is 2.19. The Labute approximate surface area is 111 Å². The highest BCUT2D eigenvalue weighted by Crippen LogP contribution is 2.42. The molecule has 1 N–H and O–H groups in total. The minimum absolute atomic E-state index is 0.472. The number of thiophene rings is 1. The molecule has 94 valence electrons. The molecule has 2 nitrogen and oxygen atoms in total. The van der Waals surface area contributed by atoms with Crippen LogP contribution in [0.15, 0.2) is 22.5 Å². The lowest BCUT2D eigenvalue weighted by molar-refractivity contribution is 0.0918. The van der Waals surface area contributed by atoms with Crippen molar-refractivity contribution in [3.8, 4) is 0 Å². The number of rotatable bonds is 4.